The highest BCUT2D eigenvalue weighted by Gasteiger charge is 1.98. The van der Waals surface area contributed by atoms with Crippen LogP contribution in [0.2, 0.25) is 0 Å². The van der Waals surface area contributed by atoms with Gasteiger partial charge in [0.15, 0.2) is 0 Å². The number of nitrogens with one attached hydrogen (secondary N) is 2. The van der Waals surface area contributed by atoms with E-state index in [9.17, 15) is 4.79 Å². The van der Waals surface area contributed by atoms with Crippen LogP contribution in [0.15, 0.2) is 12.7 Å². The van der Waals surface area contributed by atoms with Crippen LogP contribution in [0.4, 0.5) is 0 Å². The van der Waals surface area contributed by atoms with Gasteiger partial charge in [0, 0.05) is 26.8 Å². The van der Waals surface area contributed by atoms with Crippen molar-refractivity contribution in [2.45, 2.75) is 12.8 Å². The highest BCUT2D eigenvalue weighted by Crippen LogP contribution is 1.88. The van der Waals surface area contributed by atoms with Crippen molar-refractivity contribution in [3.63, 3.8) is 0 Å². The molecule has 0 radical (unpaired) electrons. The van der Waals surface area contributed by atoms with Gasteiger partial charge in [-0.3, -0.25) is 4.79 Å². The molecule has 0 aromatic heterocycles. The maximum absolute atomic E-state index is 11.2. The molecule has 0 saturated carbocycles. The van der Waals surface area contributed by atoms with Gasteiger partial charge in [-0.25, -0.2) is 0 Å². The minimum Gasteiger partial charge on any atom is -0.382 e. The van der Waals surface area contributed by atoms with Crippen LogP contribution in [0.3, 0.4) is 0 Å². The van der Waals surface area contributed by atoms with Gasteiger partial charge < -0.3 is 20.1 Å². The summed E-state index contributed by atoms with van der Waals surface area (Å²) in [6.07, 6.45) is 3.61. The van der Waals surface area contributed by atoms with Crippen molar-refractivity contribution in [1.29, 1.82) is 0 Å². The Morgan fingerprint density at radius 1 is 1.29 bits per heavy atom. The molecule has 0 saturated heterocycles. The van der Waals surface area contributed by atoms with E-state index in [2.05, 4.69) is 17.2 Å². The summed E-state index contributed by atoms with van der Waals surface area (Å²) in [5.41, 5.74) is 0. The second-order valence-corrected chi connectivity index (χ2v) is 3.58. The van der Waals surface area contributed by atoms with Crippen LogP contribution in [-0.2, 0) is 14.3 Å². The summed E-state index contributed by atoms with van der Waals surface area (Å²) < 4.78 is 10.2. The average molecular weight is 244 g/mol. The first-order chi connectivity index (χ1) is 8.31. The van der Waals surface area contributed by atoms with Crippen LogP contribution >= 0.6 is 0 Å². The van der Waals surface area contributed by atoms with Gasteiger partial charge in [0.1, 0.15) is 0 Å². The van der Waals surface area contributed by atoms with Gasteiger partial charge in [-0.2, -0.15) is 0 Å². The van der Waals surface area contributed by atoms with Crippen LogP contribution in [0.1, 0.15) is 12.8 Å². The van der Waals surface area contributed by atoms with E-state index in [0.29, 0.717) is 39.5 Å². The average Bonchev–Trinajstić information content (AvgIpc) is 2.33. The fraction of sp³-hybridized carbons (Fsp3) is 0.750. The lowest BCUT2D eigenvalue weighted by atomic mass is 10.3. The number of amides is 1. The molecule has 100 valence electrons. The highest BCUT2D eigenvalue weighted by atomic mass is 16.5. The van der Waals surface area contributed by atoms with Gasteiger partial charge in [0.2, 0.25) is 5.91 Å². The molecule has 17 heavy (non-hydrogen) atoms. The van der Waals surface area contributed by atoms with E-state index in [-0.39, 0.29) is 5.91 Å². The third-order valence-electron chi connectivity index (χ3n) is 2.04. The number of methoxy groups -OCH3 is 1. The lowest BCUT2D eigenvalue weighted by molar-refractivity contribution is -0.120. The van der Waals surface area contributed by atoms with E-state index in [1.165, 1.54) is 0 Å². The van der Waals surface area contributed by atoms with Gasteiger partial charge in [-0.1, -0.05) is 6.08 Å². The van der Waals surface area contributed by atoms with E-state index < -0.39 is 0 Å². The third kappa shape index (κ3) is 13.0. The molecule has 0 atom stereocenters. The lowest BCUT2D eigenvalue weighted by Crippen LogP contribution is -2.34. The number of rotatable bonds is 12. The molecule has 0 aromatic rings. The van der Waals surface area contributed by atoms with Gasteiger partial charge in [-0.15, -0.1) is 6.58 Å². The summed E-state index contributed by atoms with van der Waals surface area (Å²) in [7, 11) is 1.65. The molecule has 0 fully saturated rings. The molecule has 0 bridgehead atoms. The molecule has 0 rings (SSSR count). The molecule has 0 aliphatic heterocycles. The first kappa shape index (κ1) is 16.1. The van der Waals surface area contributed by atoms with Crippen LogP contribution in [0, 0.1) is 0 Å². The maximum Gasteiger partial charge on any atom is 0.233 e. The molecule has 0 aliphatic rings. The second-order valence-electron chi connectivity index (χ2n) is 3.58. The fourth-order valence-corrected chi connectivity index (χ4v) is 1.15. The molecule has 0 aliphatic carbocycles. The Labute approximate surface area is 104 Å². The summed E-state index contributed by atoms with van der Waals surface area (Å²) >= 11 is 0. The van der Waals surface area contributed by atoms with Crippen molar-refractivity contribution in [2.24, 2.45) is 0 Å². The van der Waals surface area contributed by atoms with E-state index >= 15 is 0 Å². The van der Waals surface area contributed by atoms with Crippen molar-refractivity contribution in [1.82, 2.24) is 10.6 Å². The Balaban J connectivity index is 3.11. The highest BCUT2D eigenvalue weighted by molar-refractivity contribution is 5.77. The number of ether oxygens (including phenoxy) is 2. The molecule has 2 N–H and O–H groups in total. The second kappa shape index (κ2) is 13.2. The van der Waals surface area contributed by atoms with Crippen molar-refractivity contribution >= 4 is 5.91 Å². The minimum absolute atomic E-state index is 0.0205. The smallest absolute Gasteiger partial charge is 0.233 e. The first-order valence-corrected chi connectivity index (χ1v) is 5.96. The molecule has 1 amide bonds. The molecular weight excluding hydrogens is 220 g/mol. The van der Waals surface area contributed by atoms with Crippen LogP contribution in [0.5, 0.6) is 0 Å². The van der Waals surface area contributed by atoms with E-state index in [1.807, 2.05) is 0 Å². The van der Waals surface area contributed by atoms with Gasteiger partial charge in [0.05, 0.1) is 19.8 Å². The molecule has 0 heterocycles. The van der Waals surface area contributed by atoms with Gasteiger partial charge in [0.25, 0.3) is 0 Å². The minimum atomic E-state index is 0.0205. The fourth-order valence-electron chi connectivity index (χ4n) is 1.15. The number of hydrogen-bond donors (Lipinski definition) is 2. The zero-order valence-corrected chi connectivity index (χ0v) is 10.7. The number of unbranched alkanes of at least 4 members (excludes halogenated alkanes) is 1. The first-order valence-electron chi connectivity index (χ1n) is 5.96. The SMILES string of the molecule is C=CCNCC(=O)NCCCCOCCOC. The predicted molar refractivity (Wildman–Crippen MR) is 68.0 cm³/mol. The molecule has 0 spiro atoms. The van der Waals surface area contributed by atoms with E-state index in [0.717, 1.165) is 12.8 Å². The van der Waals surface area contributed by atoms with Crippen molar-refractivity contribution in [2.75, 3.05) is 46.6 Å². The summed E-state index contributed by atoms with van der Waals surface area (Å²) in [6, 6.07) is 0. The number of hydrogen-bond acceptors (Lipinski definition) is 4. The Morgan fingerprint density at radius 2 is 2.12 bits per heavy atom. The van der Waals surface area contributed by atoms with Crippen LogP contribution < -0.4 is 10.6 Å². The Morgan fingerprint density at radius 3 is 2.82 bits per heavy atom. The summed E-state index contributed by atoms with van der Waals surface area (Å²) in [5, 5.41) is 5.77. The molecule has 5 nitrogen and oxygen atoms in total. The molecule has 0 unspecified atom stereocenters. The van der Waals surface area contributed by atoms with Crippen molar-refractivity contribution < 1.29 is 14.3 Å². The van der Waals surface area contributed by atoms with Crippen molar-refractivity contribution in [3.8, 4) is 0 Å². The van der Waals surface area contributed by atoms with Gasteiger partial charge in [-0.05, 0) is 12.8 Å². The lowest BCUT2D eigenvalue weighted by Gasteiger charge is -2.06. The van der Waals surface area contributed by atoms with Gasteiger partial charge >= 0.3 is 0 Å². The summed E-state index contributed by atoms with van der Waals surface area (Å²) in [4.78, 5) is 11.2. The van der Waals surface area contributed by atoms with E-state index in [1.54, 1.807) is 13.2 Å². The molecular formula is C12H24N2O3. The normalized spacial score (nSPS) is 10.2. The largest absolute Gasteiger partial charge is 0.382 e. The maximum atomic E-state index is 11.2. The number of carbonyl (C=O) groups excluding carboxylic acids is 1. The quantitative estimate of drug-likeness (QED) is 0.383. The number of carbonyl (C=O) groups is 1. The van der Waals surface area contributed by atoms with E-state index in [4.69, 9.17) is 9.47 Å². The Kier molecular flexibility index (Phi) is 12.5. The van der Waals surface area contributed by atoms with Crippen molar-refractivity contribution in [3.05, 3.63) is 12.7 Å². The zero-order valence-electron chi connectivity index (χ0n) is 10.7. The topological polar surface area (TPSA) is 59.6 Å². The summed E-state index contributed by atoms with van der Waals surface area (Å²) in [5.74, 6) is 0.0205. The standard InChI is InChI=1S/C12H24N2O3/c1-3-6-13-11-12(15)14-7-4-5-8-17-10-9-16-2/h3,13H,1,4-11H2,2H3,(H,14,15). The molecule has 5 heteroatoms. The van der Waals surface area contributed by atoms with Crippen LogP contribution in [0.25, 0.3) is 0 Å². The Bertz CT molecular complexity index is 198. The summed E-state index contributed by atoms with van der Waals surface area (Å²) in [6.45, 7) is 7.23. The molecule has 0 aromatic carbocycles. The monoisotopic (exact) mass is 244 g/mol. The Hall–Kier alpha value is -0.910. The third-order valence-corrected chi connectivity index (χ3v) is 2.04. The zero-order chi connectivity index (χ0) is 12.8. The predicted octanol–water partition coefficient (Wildman–Crippen LogP) is 0.321. The van der Waals surface area contributed by atoms with Crippen LogP contribution in [-0.4, -0.2) is 52.5 Å².